The van der Waals surface area contributed by atoms with Crippen LogP contribution < -0.4 is 0 Å². The van der Waals surface area contributed by atoms with Gasteiger partial charge in [-0.05, 0) is 44.1 Å². The summed E-state index contributed by atoms with van der Waals surface area (Å²) in [5.41, 5.74) is 3.12. The predicted molar refractivity (Wildman–Crippen MR) is 85.9 cm³/mol. The molecule has 0 saturated heterocycles. The van der Waals surface area contributed by atoms with Gasteiger partial charge in [0.25, 0.3) is 5.91 Å². The predicted octanol–water partition coefficient (Wildman–Crippen LogP) is 1.76. The first-order valence-electron chi connectivity index (χ1n) is 7.66. The summed E-state index contributed by atoms with van der Waals surface area (Å²) in [6.07, 6.45) is 1.52. The molecule has 1 aliphatic rings. The maximum atomic E-state index is 12.8. The molecule has 122 valence electrons. The fourth-order valence-electron chi connectivity index (χ4n) is 2.84. The van der Waals surface area contributed by atoms with Gasteiger partial charge in [0.2, 0.25) is 0 Å². The van der Waals surface area contributed by atoms with E-state index in [0.29, 0.717) is 6.54 Å². The van der Waals surface area contributed by atoms with Gasteiger partial charge in [-0.2, -0.15) is 0 Å². The molecule has 5 nitrogen and oxygen atoms in total. The molecule has 0 atom stereocenters. The van der Waals surface area contributed by atoms with E-state index in [9.17, 15) is 4.79 Å². The normalized spacial score (nSPS) is 15.4. The monoisotopic (exact) mass is 306 g/mol. The summed E-state index contributed by atoms with van der Waals surface area (Å²) in [7, 11) is 7.25. The number of hydrogen-bond donors (Lipinski definition) is 0. The highest BCUT2D eigenvalue weighted by molar-refractivity contribution is 5.96. The van der Waals surface area contributed by atoms with Crippen molar-refractivity contribution in [3.63, 3.8) is 0 Å². The molecule has 0 N–H and O–H groups in total. The van der Waals surface area contributed by atoms with E-state index in [0.717, 1.165) is 42.6 Å². The summed E-state index contributed by atoms with van der Waals surface area (Å²) in [4.78, 5) is 16.8. The summed E-state index contributed by atoms with van der Waals surface area (Å²) >= 11 is 0. The number of methoxy groups -OCH3 is 2. The zero-order valence-corrected chi connectivity index (χ0v) is 14.0. The smallest absolute Gasteiger partial charge is 0.254 e. The number of ether oxygens (including phenoxy) is 2. The zero-order valence-electron chi connectivity index (χ0n) is 14.0. The Balaban J connectivity index is 2.23. The Bertz CT molecular complexity index is 513. The third-order valence-corrected chi connectivity index (χ3v) is 3.96. The third kappa shape index (κ3) is 4.06. The van der Waals surface area contributed by atoms with Crippen molar-refractivity contribution in [1.29, 1.82) is 0 Å². The summed E-state index contributed by atoms with van der Waals surface area (Å²) in [5, 5.41) is 0. The van der Waals surface area contributed by atoms with Gasteiger partial charge in [-0.25, -0.2) is 0 Å². The van der Waals surface area contributed by atoms with Crippen molar-refractivity contribution in [2.75, 3.05) is 41.4 Å². The van der Waals surface area contributed by atoms with Crippen molar-refractivity contribution in [2.24, 2.45) is 0 Å². The highest BCUT2D eigenvalue weighted by atomic mass is 16.7. The molecule has 1 aromatic carbocycles. The van der Waals surface area contributed by atoms with Gasteiger partial charge in [0.05, 0.1) is 6.54 Å². The molecule has 0 saturated carbocycles. The molecule has 0 bridgehead atoms. The average Bonchev–Trinajstić information content (AvgIpc) is 2.64. The Hall–Kier alpha value is -1.43. The second-order valence-electron chi connectivity index (χ2n) is 5.98. The highest BCUT2D eigenvalue weighted by Gasteiger charge is 2.25. The van der Waals surface area contributed by atoms with Crippen LogP contribution in [0.3, 0.4) is 0 Å². The molecule has 0 radical (unpaired) electrons. The number of benzene rings is 1. The molecule has 0 unspecified atom stereocenters. The van der Waals surface area contributed by atoms with Gasteiger partial charge >= 0.3 is 0 Å². The molecule has 1 heterocycles. The minimum absolute atomic E-state index is 0.0761. The van der Waals surface area contributed by atoms with Gasteiger partial charge in [-0.15, -0.1) is 0 Å². The van der Waals surface area contributed by atoms with Crippen LogP contribution in [0.4, 0.5) is 0 Å². The minimum Gasteiger partial charge on any atom is -0.354 e. The molecule has 1 aromatic rings. The number of carbonyl (C=O) groups is 1. The lowest BCUT2D eigenvalue weighted by molar-refractivity contribution is -0.112. The molecule has 0 aliphatic carbocycles. The van der Waals surface area contributed by atoms with Crippen LogP contribution in [0.5, 0.6) is 0 Å². The lowest BCUT2D eigenvalue weighted by Gasteiger charge is -2.25. The van der Waals surface area contributed by atoms with Crippen molar-refractivity contribution < 1.29 is 14.3 Å². The number of rotatable bonds is 6. The van der Waals surface area contributed by atoms with Crippen LogP contribution in [0.15, 0.2) is 18.2 Å². The molecule has 1 amide bonds. The molecule has 0 spiro atoms. The molecule has 0 aromatic heterocycles. The summed E-state index contributed by atoms with van der Waals surface area (Å²) in [5.74, 6) is 0.0761. The van der Waals surface area contributed by atoms with Crippen LogP contribution in [-0.4, -0.2) is 63.4 Å². The van der Waals surface area contributed by atoms with E-state index in [-0.39, 0.29) is 12.2 Å². The lowest BCUT2D eigenvalue weighted by Crippen LogP contribution is -2.39. The Morgan fingerprint density at radius 3 is 2.64 bits per heavy atom. The zero-order chi connectivity index (χ0) is 16.1. The first-order valence-corrected chi connectivity index (χ1v) is 7.66. The first-order chi connectivity index (χ1) is 10.5. The van der Waals surface area contributed by atoms with E-state index in [1.807, 2.05) is 25.1 Å². The quantitative estimate of drug-likeness (QED) is 0.751. The standard InChI is InChI=1S/C17H26N2O3/c1-18(2)11-13-7-8-14-6-5-9-19(12-16(21-3)22-4)17(20)15(14)10-13/h7-8,10,16H,5-6,9,11-12H2,1-4H3. The van der Waals surface area contributed by atoms with Crippen LogP contribution in [0.1, 0.15) is 27.9 Å². The van der Waals surface area contributed by atoms with E-state index >= 15 is 0 Å². The van der Waals surface area contributed by atoms with E-state index in [1.54, 1.807) is 14.2 Å². The SMILES string of the molecule is COC(CN1CCCc2ccc(CN(C)C)cc2C1=O)OC. The number of amides is 1. The summed E-state index contributed by atoms with van der Waals surface area (Å²) in [6, 6.07) is 6.25. The lowest BCUT2D eigenvalue weighted by atomic mass is 10.0. The number of carbonyl (C=O) groups excluding carboxylic acids is 1. The molecular weight excluding hydrogens is 280 g/mol. The van der Waals surface area contributed by atoms with E-state index in [4.69, 9.17) is 9.47 Å². The van der Waals surface area contributed by atoms with E-state index in [2.05, 4.69) is 17.0 Å². The van der Waals surface area contributed by atoms with Crippen molar-refractivity contribution in [3.05, 3.63) is 34.9 Å². The van der Waals surface area contributed by atoms with Gasteiger partial charge in [0.1, 0.15) is 0 Å². The highest BCUT2D eigenvalue weighted by Crippen LogP contribution is 2.21. The number of hydrogen-bond acceptors (Lipinski definition) is 4. The molecular formula is C17H26N2O3. The van der Waals surface area contributed by atoms with Crippen LogP contribution in [0, 0.1) is 0 Å². The second kappa shape index (κ2) is 7.72. The number of nitrogens with zero attached hydrogens (tertiary/aromatic N) is 2. The van der Waals surface area contributed by atoms with Crippen molar-refractivity contribution in [1.82, 2.24) is 9.80 Å². The van der Waals surface area contributed by atoms with Crippen LogP contribution in [0.25, 0.3) is 0 Å². The van der Waals surface area contributed by atoms with E-state index in [1.165, 1.54) is 0 Å². The van der Waals surface area contributed by atoms with Crippen molar-refractivity contribution in [2.45, 2.75) is 25.7 Å². The summed E-state index contributed by atoms with van der Waals surface area (Å²) in [6.45, 7) is 2.03. The van der Waals surface area contributed by atoms with Gasteiger partial charge in [0.15, 0.2) is 6.29 Å². The maximum absolute atomic E-state index is 12.8. The Morgan fingerprint density at radius 2 is 2.00 bits per heavy atom. The van der Waals surface area contributed by atoms with Gasteiger partial charge in [0, 0.05) is 32.9 Å². The van der Waals surface area contributed by atoms with Gasteiger partial charge < -0.3 is 19.3 Å². The molecule has 5 heteroatoms. The Labute approximate surface area is 132 Å². The molecule has 0 fully saturated rings. The fourth-order valence-corrected chi connectivity index (χ4v) is 2.84. The largest absolute Gasteiger partial charge is 0.354 e. The summed E-state index contributed by atoms with van der Waals surface area (Å²) < 4.78 is 10.5. The van der Waals surface area contributed by atoms with Gasteiger partial charge in [-0.3, -0.25) is 4.79 Å². The van der Waals surface area contributed by atoms with Gasteiger partial charge in [-0.1, -0.05) is 12.1 Å². The van der Waals surface area contributed by atoms with E-state index < -0.39 is 0 Å². The molecule has 22 heavy (non-hydrogen) atoms. The maximum Gasteiger partial charge on any atom is 0.254 e. The molecule has 1 aliphatic heterocycles. The Kier molecular flexibility index (Phi) is 5.94. The van der Waals surface area contributed by atoms with Crippen LogP contribution in [0.2, 0.25) is 0 Å². The van der Waals surface area contributed by atoms with Crippen molar-refractivity contribution in [3.8, 4) is 0 Å². The van der Waals surface area contributed by atoms with Crippen LogP contribution in [-0.2, 0) is 22.4 Å². The molecule has 2 rings (SSSR count). The number of fused-ring (bicyclic) bond motifs is 1. The van der Waals surface area contributed by atoms with Crippen molar-refractivity contribution >= 4 is 5.91 Å². The average molecular weight is 306 g/mol. The Morgan fingerprint density at radius 1 is 1.27 bits per heavy atom. The third-order valence-electron chi connectivity index (χ3n) is 3.96. The second-order valence-corrected chi connectivity index (χ2v) is 5.98. The first kappa shape index (κ1) is 16.9. The topological polar surface area (TPSA) is 42.0 Å². The number of aryl methyl sites for hydroxylation is 1. The fraction of sp³-hybridized carbons (Fsp3) is 0.588. The van der Waals surface area contributed by atoms with Crippen LogP contribution >= 0.6 is 0 Å². The minimum atomic E-state index is -0.379.